The SMILES string of the molecule is CC(C)(O)c1cccc(-c2nc(-c3ccc(Cl)cc3)c(-c3cccc(-c4cc(C(C)(C)S(C)(=O)=O)cc5cccnc45)c3)s2)c1. The van der Waals surface area contributed by atoms with Crippen LogP contribution in [0.3, 0.4) is 0 Å². The van der Waals surface area contributed by atoms with E-state index < -0.39 is 20.2 Å². The van der Waals surface area contributed by atoms with Crippen LogP contribution in [0.1, 0.15) is 38.8 Å². The van der Waals surface area contributed by atoms with Crippen molar-refractivity contribution in [2.45, 2.75) is 38.0 Å². The van der Waals surface area contributed by atoms with E-state index in [9.17, 15) is 13.5 Å². The molecule has 0 saturated carbocycles. The molecule has 0 atom stereocenters. The first-order chi connectivity index (χ1) is 21.2. The van der Waals surface area contributed by atoms with E-state index in [1.807, 2.05) is 84.9 Å². The largest absolute Gasteiger partial charge is 0.386 e. The number of benzene rings is 4. The summed E-state index contributed by atoms with van der Waals surface area (Å²) in [4.78, 5) is 10.8. The lowest BCUT2D eigenvalue weighted by Gasteiger charge is -2.24. The van der Waals surface area contributed by atoms with Gasteiger partial charge in [0.15, 0.2) is 9.84 Å². The summed E-state index contributed by atoms with van der Waals surface area (Å²) >= 11 is 7.82. The highest BCUT2D eigenvalue weighted by molar-refractivity contribution is 7.91. The van der Waals surface area contributed by atoms with Gasteiger partial charge in [-0.15, -0.1) is 11.3 Å². The van der Waals surface area contributed by atoms with Crippen LogP contribution >= 0.6 is 22.9 Å². The van der Waals surface area contributed by atoms with E-state index in [0.717, 1.165) is 59.9 Å². The van der Waals surface area contributed by atoms with E-state index in [-0.39, 0.29) is 0 Å². The number of hydrogen-bond donors (Lipinski definition) is 1. The summed E-state index contributed by atoms with van der Waals surface area (Å²) in [7, 11) is -3.40. The van der Waals surface area contributed by atoms with Gasteiger partial charge in [0.2, 0.25) is 0 Å². The van der Waals surface area contributed by atoms with Gasteiger partial charge in [-0.2, -0.15) is 0 Å². The lowest BCUT2D eigenvalue weighted by Crippen LogP contribution is -2.28. The molecule has 0 saturated heterocycles. The molecule has 4 aromatic carbocycles. The minimum atomic E-state index is -3.40. The Balaban J connectivity index is 1.55. The normalized spacial score (nSPS) is 12.5. The second-order valence-corrected chi connectivity index (χ2v) is 16.3. The van der Waals surface area contributed by atoms with Crippen LogP contribution in [0.5, 0.6) is 0 Å². The quantitative estimate of drug-likeness (QED) is 0.186. The number of fused-ring (bicyclic) bond motifs is 1. The van der Waals surface area contributed by atoms with Gasteiger partial charge in [-0.05, 0) is 92.4 Å². The van der Waals surface area contributed by atoms with Gasteiger partial charge in [-0.3, -0.25) is 4.98 Å². The van der Waals surface area contributed by atoms with Crippen molar-refractivity contribution in [3.05, 3.63) is 119 Å². The molecular formula is C37H33ClN2O3S2. The first kappa shape index (κ1) is 31.1. The summed E-state index contributed by atoms with van der Waals surface area (Å²) in [5.74, 6) is 0. The summed E-state index contributed by atoms with van der Waals surface area (Å²) in [5, 5.41) is 13.0. The summed E-state index contributed by atoms with van der Waals surface area (Å²) in [5.41, 5.74) is 6.76. The average molecular weight is 653 g/mol. The monoisotopic (exact) mass is 652 g/mol. The standard InChI is InChI=1S/C37H33ClN2O3S2/c1-36(2,41)28-13-7-11-27(21-28)35-40-33(23-14-16-30(38)17-15-23)34(44-35)26-10-6-9-24(19-26)31-22-29(37(3,4)45(5,42)43)20-25-12-8-18-39-32(25)31/h6-22,41H,1-5H3. The van der Waals surface area contributed by atoms with Crippen molar-refractivity contribution < 1.29 is 13.5 Å². The summed E-state index contributed by atoms with van der Waals surface area (Å²) in [6.07, 6.45) is 3.03. The fourth-order valence-electron chi connectivity index (χ4n) is 5.28. The summed E-state index contributed by atoms with van der Waals surface area (Å²) in [6, 6.07) is 31.4. The Morgan fingerprint density at radius 1 is 0.756 bits per heavy atom. The van der Waals surface area contributed by atoms with Crippen LogP contribution in [0.2, 0.25) is 5.02 Å². The van der Waals surface area contributed by atoms with Crippen LogP contribution in [0.4, 0.5) is 0 Å². The third-order valence-corrected chi connectivity index (χ3v) is 11.8. The Labute approximate surface area is 273 Å². The number of nitrogens with zero attached hydrogens (tertiary/aromatic N) is 2. The van der Waals surface area contributed by atoms with Gasteiger partial charge in [0.05, 0.1) is 26.4 Å². The molecule has 0 aliphatic rings. The number of halogens is 1. The number of hydrogen-bond acceptors (Lipinski definition) is 6. The van der Waals surface area contributed by atoms with Crippen LogP contribution in [-0.2, 0) is 20.2 Å². The second kappa shape index (κ2) is 11.5. The Kier molecular flexibility index (Phi) is 7.94. The smallest absolute Gasteiger partial charge is 0.156 e. The molecule has 0 unspecified atom stereocenters. The number of thiazole rings is 1. The molecule has 0 amide bonds. The highest BCUT2D eigenvalue weighted by Gasteiger charge is 2.33. The molecule has 6 aromatic rings. The molecule has 0 bridgehead atoms. The fraction of sp³-hybridized carbons (Fsp3) is 0.189. The Morgan fingerprint density at radius 3 is 2.16 bits per heavy atom. The predicted octanol–water partition coefficient (Wildman–Crippen LogP) is 9.52. The second-order valence-electron chi connectivity index (χ2n) is 12.3. The molecule has 0 aliphatic carbocycles. The van der Waals surface area contributed by atoms with Gasteiger partial charge in [-0.1, -0.05) is 66.2 Å². The van der Waals surface area contributed by atoms with E-state index in [2.05, 4.69) is 12.1 Å². The van der Waals surface area contributed by atoms with Crippen LogP contribution in [-0.4, -0.2) is 29.7 Å². The van der Waals surface area contributed by atoms with Gasteiger partial charge < -0.3 is 5.11 Å². The molecule has 45 heavy (non-hydrogen) atoms. The van der Waals surface area contributed by atoms with Gasteiger partial charge in [0.25, 0.3) is 0 Å². The number of aliphatic hydroxyl groups is 1. The molecular weight excluding hydrogens is 620 g/mol. The number of rotatable bonds is 7. The average Bonchev–Trinajstić information content (AvgIpc) is 3.46. The maximum atomic E-state index is 12.8. The molecule has 2 aromatic heterocycles. The minimum absolute atomic E-state index is 0.645. The maximum Gasteiger partial charge on any atom is 0.156 e. The first-order valence-electron chi connectivity index (χ1n) is 14.5. The van der Waals surface area contributed by atoms with Gasteiger partial charge in [-0.25, -0.2) is 13.4 Å². The molecule has 0 spiro atoms. The molecule has 0 aliphatic heterocycles. The lowest BCUT2D eigenvalue weighted by molar-refractivity contribution is 0.0786. The van der Waals surface area contributed by atoms with Gasteiger partial charge in [0, 0.05) is 39.6 Å². The van der Waals surface area contributed by atoms with Crippen LogP contribution in [0, 0.1) is 0 Å². The van der Waals surface area contributed by atoms with E-state index in [0.29, 0.717) is 10.6 Å². The topological polar surface area (TPSA) is 80.2 Å². The molecule has 6 rings (SSSR count). The predicted molar refractivity (Wildman–Crippen MR) is 187 cm³/mol. The third-order valence-electron chi connectivity index (χ3n) is 8.32. The maximum absolute atomic E-state index is 12.8. The zero-order valence-corrected chi connectivity index (χ0v) is 28.1. The number of sulfone groups is 1. The molecule has 8 heteroatoms. The Hall–Kier alpha value is -3.88. The van der Waals surface area contributed by atoms with E-state index in [4.69, 9.17) is 21.6 Å². The van der Waals surface area contributed by atoms with Crippen molar-refractivity contribution in [2.24, 2.45) is 0 Å². The summed E-state index contributed by atoms with van der Waals surface area (Å²) in [6.45, 7) is 7.03. The van der Waals surface area contributed by atoms with Crippen LogP contribution < -0.4 is 0 Å². The third kappa shape index (κ3) is 6.06. The number of aromatic nitrogens is 2. The fourth-order valence-corrected chi connectivity index (χ4v) is 7.03. The zero-order valence-electron chi connectivity index (χ0n) is 25.7. The molecule has 0 fully saturated rings. The Morgan fingerprint density at radius 2 is 1.44 bits per heavy atom. The van der Waals surface area contributed by atoms with Crippen molar-refractivity contribution >= 4 is 43.7 Å². The van der Waals surface area contributed by atoms with Gasteiger partial charge in [0.1, 0.15) is 5.01 Å². The van der Waals surface area contributed by atoms with E-state index >= 15 is 0 Å². The minimum Gasteiger partial charge on any atom is -0.386 e. The molecule has 5 nitrogen and oxygen atoms in total. The van der Waals surface area contributed by atoms with E-state index in [1.54, 1.807) is 45.2 Å². The molecule has 1 N–H and O–H groups in total. The van der Waals surface area contributed by atoms with E-state index in [1.165, 1.54) is 6.26 Å². The highest BCUT2D eigenvalue weighted by Crippen LogP contribution is 2.43. The number of pyridine rings is 1. The van der Waals surface area contributed by atoms with Gasteiger partial charge >= 0.3 is 0 Å². The molecule has 0 radical (unpaired) electrons. The van der Waals surface area contributed by atoms with Crippen molar-refractivity contribution in [3.63, 3.8) is 0 Å². The van der Waals surface area contributed by atoms with Crippen molar-refractivity contribution in [3.8, 4) is 43.4 Å². The van der Waals surface area contributed by atoms with Crippen molar-refractivity contribution in [1.82, 2.24) is 9.97 Å². The van der Waals surface area contributed by atoms with Crippen molar-refractivity contribution in [1.29, 1.82) is 0 Å². The first-order valence-corrected chi connectivity index (χ1v) is 17.6. The molecule has 228 valence electrons. The highest BCUT2D eigenvalue weighted by atomic mass is 35.5. The summed E-state index contributed by atoms with van der Waals surface area (Å²) < 4.78 is 24.6. The Bertz CT molecular complexity index is 2160. The van der Waals surface area contributed by atoms with Crippen LogP contribution in [0.25, 0.3) is 54.3 Å². The zero-order chi connectivity index (χ0) is 32.1. The van der Waals surface area contributed by atoms with Crippen molar-refractivity contribution in [2.75, 3.05) is 6.26 Å². The molecule has 2 heterocycles. The van der Waals surface area contributed by atoms with Crippen LogP contribution in [0.15, 0.2) is 103 Å². The lowest BCUT2D eigenvalue weighted by atomic mass is 9.92.